The van der Waals surface area contributed by atoms with E-state index < -0.39 is 0 Å². The molecule has 0 N–H and O–H groups in total. The molecule has 0 aliphatic rings. The number of thiophene rings is 1. The molecule has 0 atom stereocenters. The zero-order chi connectivity index (χ0) is 10.7. The Morgan fingerprint density at radius 3 is 2.64 bits per heavy atom. The number of halogens is 1. The van der Waals surface area contributed by atoms with E-state index in [0.717, 1.165) is 16.9 Å². The average molecular weight is 231 g/mol. The van der Waals surface area contributed by atoms with Gasteiger partial charge < -0.3 is 0 Å². The lowest BCUT2D eigenvalue weighted by molar-refractivity contribution is 0.0979. The van der Waals surface area contributed by atoms with Gasteiger partial charge in [0.25, 0.3) is 0 Å². The van der Waals surface area contributed by atoms with Crippen molar-refractivity contribution in [2.75, 3.05) is 0 Å². The Morgan fingerprint density at radius 2 is 2.21 bits per heavy atom. The predicted octanol–water partition coefficient (Wildman–Crippen LogP) is 4.33. The summed E-state index contributed by atoms with van der Waals surface area (Å²) < 4.78 is 0. The molecular formula is C11H15ClOS. The number of rotatable bonds is 4. The molecule has 0 fully saturated rings. The summed E-state index contributed by atoms with van der Waals surface area (Å²) in [4.78, 5) is 12.4. The Morgan fingerprint density at radius 1 is 1.57 bits per heavy atom. The van der Waals surface area contributed by atoms with Gasteiger partial charge in [-0.05, 0) is 30.2 Å². The van der Waals surface area contributed by atoms with Gasteiger partial charge in [-0.1, -0.05) is 25.4 Å². The summed E-state index contributed by atoms with van der Waals surface area (Å²) >= 11 is 7.46. The highest BCUT2D eigenvalue weighted by molar-refractivity contribution is 7.13. The number of ketones is 1. The number of hydrogen-bond acceptors (Lipinski definition) is 2. The van der Waals surface area contributed by atoms with Crippen LogP contribution in [0.25, 0.3) is 0 Å². The third-order valence-corrected chi connectivity index (χ3v) is 3.84. The topological polar surface area (TPSA) is 17.1 Å². The second-order valence-electron chi connectivity index (χ2n) is 3.92. The van der Waals surface area contributed by atoms with Gasteiger partial charge in [-0.15, -0.1) is 11.3 Å². The molecule has 1 rings (SSSR count). The zero-order valence-electron chi connectivity index (χ0n) is 8.76. The lowest BCUT2D eigenvalue weighted by Gasteiger charge is -2.02. The molecule has 1 aromatic heterocycles. The van der Waals surface area contributed by atoms with Gasteiger partial charge >= 0.3 is 0 Å². The SMILES string of the molecule is Cc1csc(C(=O)CCC(C)C)c1Cl. The van der Waals surface area contributed by atoms with E-state index in [1.165, 1.54) is 11.3 Å². The van der Waals surface area contributed by atoms with E-state index in [4.69, 9.17) is 11.6 Å². The highest BCUT2D eigenvalue weighted by atomic mass is 35.5. The standard InChI is InChI=1S/C11H15ClOS/c1-7(2)4-5-9(13)11-10(12)8(3)6-14-11/h6-7H,4-5H2,1-3H3. The second-order valence-corrected chi connectivity index (χ2v) is 5.18. The molecule has 0 spiro atoms. The molecule has 0 radical (unpaired) electrons. The summed E-state index contributed by atoms with van der Waals surface area (Å²) in [5, 5.41) is 2.58. The van der Waals surface area contributed by atoms with E-state index in [-0.39, 0.29) is 5.78 Å². The van der Waals surface area contributed by atoms with Crippen molar-refractivity contribution in [3.05, 3.63) is 20.8 Å². The quantitative estimate of drug-likeness (QED) is 0.704. The third-order valence-electron chi connectivity index (χ3n) is 2.10. The first-order valence-electron chi connectivity index (χ1n) is 4.79. The number of carbonyl (C=O) groups is 1. The molecule has 0 amide bonds. The molecule has 0 saturated heterocycles. The first-order valence-corrected chi connectivity index (χ1v) is 6.05. The summed E-state index contributed by atoms with van der Waals surface area (Å²) in [6, 6.07) is 0. The van der Waals surface area contributed by atoms with Gasteiger partial charge in [0.1, 0.15) is 0 Å². The lowest BCUT2D eigenvalue weighted by Crippen LogP contribution is -1.99. The van der Waals surface area contributed by atoms with E-state index in [1.54, 1.807) is 0 Å². The largest absolute Gasteiger partial charge is 0.293 e. The minimum absolute atomic E-state index is 0.182. The molecule has 78 valence electrons. The maximum absolute atomic E-state index is 11.7. The Labute approximate surface area is 94.1 Å². The molecule has 1 heterocycles. The zero-order valence-corrected chi connectivity index (χ0v) is 10.3. The molecule has 3 heteroatoms. The van der Waals surface area contributed by atoms with Crippen molar-refractivity contribution < 1.29 is 4.79 Å². The van der Waals surface area contributed by atoms with Crippen molar-refractivity contribution in [3.63, 3.8) is 0 Å². The van der Waals surface area contributed by atoms with E-state index >= 15 is 0 Å². The Kier molecular flexibility index (Phi) is 4.14. The molecule has 14 heavy (non-hydrogen) atoms. The molecule has 1 aromatic rings. The summed E-state index contributed by atoms with van der Waals surface area (Å²) in [5.74, 6) is 0.751. The highest BCUT2D eigenvalue weighted by Crippen LogP contribution is 2.28. The minimum atomic E-state index is 0.182. The Hall–Kier alpha value is -0.340. The average Bonchev–Trinajstić information content (AvgIpc) is 2.44. The van der Waals surface area contributed by atoms with Gasteiger partial charge in [0, 0.05) is 6.42 Å². The Bertz CT molecular complexity index is 328. The summed E-state index contributed by atoms with van der Waals surface area (Å²) in [6.45, 7) is 6.17. The highest BCUT2D eigenvalue weighted by Gasteiger charge is 2.14. The Balaban J connectivity index is 2.66. The first kappa shape index (κ1) is 11.7. The maximum Gasteiger partial charge on any atom is 0.174 e. The molecule has 0 aliphatic carbocycles. The van der Waals surface area contributed by atoms with Crippen molar-refractivity contribution in [2.45, 2.75) is 33.6 Å². The summed E-state index contributed by atoms with van der Waals surface area (Å²) in [5.41, 5.74) is 1.00. The third kappa shape index (κ3) is 2.82. The van der Waals surface area contributed by atoms with Gasteiger partial charge in [-0.25, -0.2) is 0 Å². The maximum atomic E-state index is 11.7. The number of Topliss-reactive ketones (excluding diaryl/α,β-unsaturated/α-hetero) is 1. The second kappa shape index (κ2) is 4.94. The molecule has 0 aromatic carbocycles. The van der Waals surface area contributed by atoms with Crippen LogP contribution in [0.4, 0.5) is 0 Å². The van der Waals surface area contributed by atoms with Crippen LogP contribution < -0.4 is 0 Å². The van der Waals surface area contributed by atoms with Gasteiger partial charge in [0.2, 0.25) is 0 Å². The smallest absolute Gasteiger partial charge is 0.174 e. The van der Waals surface area contributed by atoms with E-state index in [0.29, 0.717) is 17.4 Å². The van der Waals surface area contributed by atoms with Crippen LogP contribution in [-0.2, 0) is 0 Å². The van der Waals surface area contributed by atoms with Crippen LogP contribution in [0.1, 0.15) is 41.9 Å². The van der Waals surface area contributed by atoms with Crippen molar-refractivity contribution in [1.29, 1.82) is 0 Å². The molecule has 0 unspecified atom stereocenters. The van der Waals surface area contributed by atoms with Gasteiger partial charge in [0.05, 0.1) is 9.90 Å². The first-order chi connectivity index (χ1) is 6.52. The van der Waals surface area contributed by atoms with Crippen LogP contribution in [0.3, 0.4) is 0 Å². The van der Waals surface area contributed by atoms with E-state index in [2.05, 4.69) is 13.8 Å². The monoisotopic (exact) mass is 230 g/mol. The molecule has 1 nitrogen and oxygen atoms in total. The van der Waals surface area contributed by atoms with Crippen LogP contribution in [-0.4, -0.2) is 5.78 Å². The molecule has 0 saturated carbocycles. The van der Waals surface area contributed by atoms with E-state index in [1.807, 2.05) is 12.3 Å². The fraction of sp³-hybridized carbons (Fsp3) is 0.545. The molecule has 0 aliphatic heterocycles. The minimum Gasteiger partial charge on any atom is -0.293 e. The van der Waals surface area contributed by atoms with Crippen molar-refractivity contribution in [1.82, 2.24) is 0 Å². The number of aryl methyl sites for hydroxylation is 1. The normalized spacial score (nSPS) is 10.9. The van der Waals surface area contributed by atoms with Gasteiger partial charge in [0.15, 0.2) is 5.78 Å². The van der Waals surface area contributed by atoms with Crippen LogP contribution in [0.5, 0.6) is 0 Å². The van der Waals surface area contributed by atoms with E-state index in [9.17, 15) is 4.79 Å². The van der Waals surface area contributed by atoms with Crippen molar-refractivity contribution in [2.24, 2.45) is 5.92 Å². The fourth-order valence-corrected chi connectivity index (χ4v) is 2.42. The predicted molar refractivity (Wildman–Crippen MR) is 62.5 cm³/mol. The van der Waals surface area contributed by atoms with Gasteiger partial charge in [-0.2, -0.15) is 0 Å². The van der Waals surface area contributed by atoms with Crippen molar-refractivity contribution >= 4 is 28.7 Å². The molecular weight excluding hydrogens is 216 g/mol. The summed E-state index contributed by atoms with van der Waals surface area (Å²) in [7, 11) is 0. The van der Waals surface area contributed by atoms with Crippen LogP contribution in [0.15, 0.2) is 5.38 Å². The number of hydrogen-bond donors (Lipinski definition) is 0. The van der Waals surface area contributed by atoms with Crippen LogP contribution in [0.2, 0.25) is 5.02 Å². The summed E-state index contributed by atoms with van der Waals surface area (Å²) in [6.07, 6.45) is 1.55. The number of carbonyl (C=O) groups excluding carboxylic acids is 1. The lowest BCUT2D eigenvalue weighted by atomic mass is 10.1. The van der Waals surface area contributed by atoms with Crippen molar-refractivity contribution in [3.8, 4) is 0 Å². The van der Waals surface area contributed by atoms with Crippen LogP contribution in [0, 0.1) is 12.8 Å². The fourth-order valence-electron chi connectivity index (χ4n) is 1.15. The van der Waals surface area contributed by atoms with Gasteiger partial charge in [-0.3, -0.25) is 4.79 Å². The molecule has 0 bridgehead atoms. The van der Waals surface area contributed by atoms with Crippen LogP contribution >= 0.6 is 22.9 Å².